The van der Waals surface area contributed by atoms with Crippen molar-refractivity contribution >= 4 is 29.4 Å². The Morgan fingerprint density at radius 3 is 2.74 bits per heavy atom. The minimum Gasteiger partial charge on any atom is -0.493 e. The molecular weight excluding hydrogens is 320 g/mol. The fourth-order valence-electron chi connectivity index (χ4n) is 1.88. The molecule has 2 rings (SSSR count). The van der Waals surface area contributed by atoms with Crippen LogP contribution in [0.3, 0.4) is 0 Å². The summed E-state index contributed by atoms with van der Waals surface area (Å²) in [7, 11) is 1.45. The summed E-state index contributed by atoms with van der Waals surface area (Å²) in [4.78, 5) is 11.9. The molecule has 0 aliphatic heterocycles. The lowest BCUT2D eigenvalue weighted by atomic mass is 10.2. The monoisotopic (exact) mass is 334 g/mol. The van der Waals surface area contributed by atoms with Gasteiger partial charge in [-0.25, -0.2) is 0 Å². The first-order valence-electron chi connectivity index (χ1n) is 6.66. The Morgan fingerprint density at radius 1 is 1.35 bits per heavy atom. The quantitative estimate of drug-likeness (QED) is 0.483. The van der Waals surface area contributed by atoms with Gasteiger partial charge in [-0.2, -0.15) is 0 Å². The van der Waals surface area contributed by atoms with Gasteiger partial charge in [0.2, 0.25) is 0 Å². The van der Waals surface area contributed by atoms with Crippen LogP contribution in [0.15, 0.2) is 47.6 Å². The van der Waals surface area contributed by atoms with Gasteiger partial charge in [-0.3, -0.25) is 4.79 Å². The lowest BCUT2D eigenvalue weighted by molar-refractivity contribution is -0.118. The second-order valence-electron chi connectivity index (χ2n) is 4.48. The second-order valence-corrected chi connectivity index (χ2v) is 4.89. The molecule has 6 nitrogen and oxygen atoms in total. The summed E-state index contributed by atoms with van der Waals surface area (Å²) in [5.74, 6) is 0.252. The first-order chi connectivity index (χ1) is 11.1. The molecule has 0 saturated heterocycles. The van der Waals surface area contributed by atoms with E-state index in [0.717, 1.165) is 0 Å². The first-order valence-corrected chi connectivity index (χ1v) is 7.04. The predicted molar refractivity (Wildman–Crippen MR) is 88.0 cm³/mol. The minimum atomic E-state index is -0.324. The first kappa shape index (κ1) is 16.6. The highest BCUT2D eigenvalue weighted by molar-refractivity contribution is 6.32. The molecule has 0 saturated carbocycles. The lowest BCUT2D eigenvalue weighted by Gasteiger charge is -2.13. The second kappa shape index (κ2) is 8.05. The van der Waals surface area contributed by atoms with Crippen LogP contribution in [-0.4, -0.2) is 31.0 Å². The number of anilines is 1. The Hall–Kier alpha value is -2.73. The Labute approximate surface area is 138 Å². The SMILES string of the molecule is COc1cc(C=NO)cc(Cl)c1OCC(=O)Nc1ccccc1. The van der Waals surface area contributed by atoms with E-state index in [2.05, 4.69) is 10.5 Å². The smallest absolute Gasteiger partial charge is 0.262 e. The number of nitrogens with one attached hydrogen (secondary N) is 1. The van der Waals surface area contributed by atoms with Crippen LogP contribution in [0.1, 0.15) is 5.56 Å². The number of hydrogen-bond donors (Lipinski definition) is 2. The Kier molecular flexibility index (Phi) is 5.82. The summed E-state index contributed by atoms with van der Waals surface area (Å²) < 4.78 is 10.6. The molecule has 7 heteroatoms. The van der Waals surface area contributed by atoms with Crippen LogP contribution in [0.5, 0.6) is 11.5 Å². The van der Waals surface area contributed by atoms with Gasteiger partial charge < -0.3 is 20.0 Å². The van der Waals surface area contributed by atoms with Gasteiger partial charge in [0.1, 0.15) is 0 Å². The van der Waals surface area contributed by atoms with Crippen molar-refractivity contribution in [3.8, 4) is 11.5 Å². The molecule has 0 heterocycles. The Bertz CT molecular complexity index is 705. The predicted octanol–water partition coefficient (Wildman–Crippen LogP) is 3.17. The molecule has 0 atom stereocenters. The highest BCUT2D eigenvalue weighted by Crippen LogP contribution is 2.36. The van der Waals surface area contributed by atoms with Gasteiger partial charge in [0.15, 0.2) is 18.1 Å². The molecule has 0 aliphatic carbocycles. The number of para-hydroxylation sites is 1. The van der Waals surface area contributed by atoms with E-state index in [4.69, 9.17) is 26.3 Å². The average Bonchev–Trinajstić information content (AvgIpc) is 2.54. The van der Waals surface area contributed by atoms with Crippen LogP contribution in [-0.2, 0) is 4.79 Å². The molecule has 0 radical (unpaired) electrons. The number of carbonyl (C=O) groups is 1. The fourth-order valence-corrected chi connectivity index (χ4v) is 2.15. The molecule has 0 unspecified atom stereocenters. The van der Waals surface area contributed by atoms with E-state index in [1.54, 1.807) is 18.2 Å². The Balaban J connectivity index is 2.06. The molecule has 2 aromatic carbocycles. The molecule has 0 bridgehead atoms. The molecule has 2 aromatic rings. The third-order valence-corrected chi connectivity index (χ3v) is 3.14. The van der Waals surface area contributed by atoms with Crippen molar-refractivity contribution in [2.45, 2.75) is 0 Å². The summed E-state index contributed by atoms with van der Waals surface area (Å²) in [5.41, 5.74) is 1.21. The summed E-state index contributed by atoms with van der Waals surface area (Å²) in [6.45, 7) is -0.224. The van der Waals surface area contributed by atoms with Gasteiger partial charge in [0, 0.05) is 11.3 Å². The largest absolute Gasteiger partial charge is 0.493 e. The van der Waals surface area contributed by atoms with Gasteiger partial charge in [0.05, 0.1) is 18.3 Å². The molecule has 0 aliphatic rings. The summed E-state index contributed by atoms with van der Waals surface area (Å²) in [6, 6.07) is 12.1. The number of oxime groups is 1. The van der Waals surface area contributed by atoms with E-state index in [0.29, 0.717) is 17.0 Å². The van der Waals surface area contributed by atoms with Gasteiger partial charge in [0.25, 0.3) is 5.91 Å². The van der Waals surface area contributed by atoms with Crippen molar-refractivity contribution in [3.63, 3.8) is 0 Å². The fraction of sp³-hybridized carbons (Fsp3) is 0.125. The van der Waals surface area contributed by atoms with Crippen LogP contribution in [0.2, 0.25) is 5.02 Å². The van der Waals surface area contributed by atoms with Gasteiger partial charge in [-0.05, 0) is 24.3 Å². The zero-order valence-electron chi connectivity index (χ0n) is 12.3. The van der Waals surface area contributed by atoms with Crippen LogP contribution in [0, 0.1) is 0 Å². The van der Waals surface area contributed by atoms with E-state index in [1.807, 2.05) is 18.2 Å². The van der Waals surface area contributed by atoms with Gasteiger partial charge >= 0.3 is 0 Å². The zero-order chi connectivity index (χ0) is 16.7. The van der Waals surface area contributed by atoms with Crippen LogP contribution >= 0.6 is 11.6 Å². The van der Waals surface area contributed by atoms with Crippen molar-refractivity contribution in [2.75, 3.05) is 19.0 Å². The van der Waals surface area contributed by atoms with Crippen molar-refractivity contribution < 1.29 is 19.5 Å². The number of nitrogens with zero attached hydrogens (tertiary/aromatic N) is 1. The highest BCUT2D eigenvalue weighted by atomic mass is 35.5. The number of amides is 1. The topological polar surface area (TPSA) is 80.2 Å². The minimum absolute atomic E-state index is 0.224. The number of carbonyl (C=O) groups excluding carboxylic acids is 1. The van der Waals surface area contributed by atoms with Crippen molar-refractivity contribution in [1.82, 2.24) is 0 Å². The number of methoxy groups -OCH3 is 1. The van der Waals surface area contributed by atoms with Gasteiger partial charge in [-0.15, -0.1) is 0 Å². The molecule has 0 aromatic heterocycles. The number of rotatable bonds is 6. The normalized spacial score (nSPS) is 10.5. The number of hydrogen-bond acceptors (Lipinski definition) is 5. The summed E-state index contributed by atoms with van der Waals surface area (Å²) >= 11 is 6.11. The number of halogens is 1. The van der Waals surface area contributed by atoms with E-state index >= 15 is 0 Å². The zero-order valence-corrected chi connectivity index (χ0v) is 13.1. The van der Waals surface area contributed by atoms with Crippen molar-refractivity contribution in [1.29, 1.82) is 0 Å². The molecule has 0 spiro atoms. The molecular formula is C16H15ClN2O4. The molecule has 23 heavy (non-hydrogen) atoms. The third-order valence-electron chi connectivity index (χ3n) is 2.86. The summed E-state index contributed by atoms with van der Waals surface area (Å²) in [5, 5.41) is 14.4. The number of ether oxygens (including phenoxy) is 2. The maximum atomic E-state index is 11.9. The lowest BCUT2D eigenvalue weighted by Crippen LogP contribution is -2.20. The molecule has 0 fully saturated rings. The highest BCUT2D eigenvalue weighted by Gasteiger charge is 2.13. The third kappa shape index (κ3) is 4.62. The maximum Gasteiger partial charge on any atom is 0.262 e. The molecule has 120 valence electrons. The van der Waals surface area contributed by atoms with Crippen molar-refractivity contribution in [3.05, 3.63) is 53.1 Å². The van der Waals surface area contributed by atoms with E-state index < -0.39 is 0 Å². The standard InChI is InChI=1S/C16H15ClN2O4/c1-22-14-8-11(9-18-21)7-13(17)16(14)23-10-15(20)19-12-5-3-2-4-6-12/h2-9,21H,10H2,1H3,(H,19,20). The summed E-state index contributed by atoms with van der Waals surface area (Å²) in [6.07, 6.45) is 1.21. The van der Waals surface area contributed by atoms with Gasteiger partial charge in [-0.1, -0.05) is 35.0 Å². The van der Waals surface area contributed by atoms with Crippen molar-refractivity contribution in [2.24, 2.45) is 5.16 Å². The van der Waals surface area contributed by atoms with E-state index in [1.165, 1.54) is 19.4 Å². The molecule has 2 N–H and O–H groups in total. The van der Waals surface area contributed by atoms with E-state index in [9.17, 15) is 4.79 Å². The molecule has 1 amide bonds. The maximum absolute atomic E-state index is 11.9. The van der Waals surface area contributed by atoms with E-state index in [-0.39, 0.29) is 23.3 Å². The number of benzene rings is 2. The van der Waals surface area contributed by atoms with Crippen LogP contribution < -0.4 is 14.8 Å². The average molecular weight is 335 g/mol. The van der Waals surface area contributed by atoms with Crippen LogP contribution in [0.4, 0.5) is 5.69 Å². The Morgan fingerprint density at radius 2 is 2.09 bits per heavy atom. The van der Waals surface area contributed by atoms with Crippen LogP contribution in [0.25, 0.3) is 0 Å².